The van der Waals surface area contributed by atoms with E-state index in [1.165, 1.54) is 24.1 Å². The Morgan fingerprint density at radius 2 is 1.74 bits per heavy atom. The van der Waals surface area contributed by atoms with Crippen molar-refractivity contribution in [1.82, 2.24) is 9.80 Å². The van der Waals surface area contributed by atoms with E-state index in [2.05, 4.69) is 9.89 Å². The van der Waals surface area contributed by atoms with Gasteiger partial charge in [-0.05, 0) is 44.3 Å². The van der Waals surface area contributed by atoms with E-state index in [0.717, 1.165) is 18.8 Å². The summed E-state index contributed by atoms with van der Waals surface area (Å²) in [5.41, 5.74) is 6.95. The van der Waals surface area contributed by atoms with Crippen LogP contribution in [0.2, 0.25) is 0 Å². The first-order valence-corrected chi connectivity index (χ1v) is 8.55. The Bertz CT molecular complexity index is 586. The molecule has 1 heterocycles. The van der Waals surface area contributed by atoms with Crippen molar-refractivity contribution in [1.29, 1.82) is 0 Å². The van der Waals surface area contributed by atoms with Crippen LogP contribution in [-0.4, -0.2) is 74.8 Å². The Morgan fingerprint density at radius 1 is 1.15 bits per heavy atom. The van der Waals surface area contributed by atoms with Gasteiger partial charge in [0, 0.05) is 38.4 Å². The highest BCUT2D eigenvalue weighted by Gasteiger charge is 2.28. The van der Waals surface area contributed by atoms with Crippen LogP contribution >= 0.6 is 24.0 Å². The predicted octanol–water partition coefficient (Wildman–Crippen LogP) is 2.76. The second-order valence-electron chi connectivity index (χ2n) is 6.40. The molecule has 1 aliphatic rings. The lowest BCUT2D eigenvalue weighted by Gasteiger charge is -2.36. The van der Waals surface area contributed by atoms with Crippen LogP contribution < -0.4 is 10.6 Å². The quantitative estimate of drug-likeness (QED) is 0.213. The van der Waals surface area contributed by atoms with E-state index in [4.69, 9.17) is 5.73 Å². The number of rotatable bonds is 6. The number of piperazine rings is 1. The lowest BCUT2D eigenvalue weighted by Crippen LogP contribution is -2.51. The maximum Gasteiger partial charge on any atom is 0.401 e. The Labute approximate surface area is 174 Å². The summed E-state index contributed by atoms with van der Waals surface area (Å²) in [6.07, 6.45) is -3.66. The molecule has 1 saturated heterocycles. The summed E-state index contributed by atoms with van der Waals surface area (Å²) >= 11 is 0. The average molecular weight is 503 g/mol. The summed E-state index contributed by atoms with van der Waals surface area (Å²) in [7, 11) is 1.44. The Hall–Kier alpha value is -1.30. The van der Waals surface area contributed by atoms with E-state index in [0.29, 0.717) is 38.6 Å². The molecular weight excluding hydrogens is 477 g/mol. The first-order chi connectivity index (χ1) is 12.2. The molecule has 0 radical (unpaired) electrons. The number of nitrogens with two attached hydrogens (primary N) is 1. The average Bonchev–Trinajstić information content (AvgIpc) is 2.58. The molecular formula is C17H26F4IN5. The highest BCUT2D eigenvalue weighted by atomic mass is 127. The third kappa shape index (κ3) is 8.50. The largest absolute Gasteiger partial charge is 0.401 e. The topological polar surface area (TPSA) is 48.1 Å². The third-order valence-electron chi connectivity index (χ3n) is 4.22. The van der Waals surface area contributed by atoms with Crippen LogP contribution in [0.3, 0.4) is 0 Å². The van der Waals surface area contributed by atoms with Crippen molar-refractivity contribution in [2.75, 3.05) is 57.8 Å². The first kappa shape index (κ1) is 23.7. The Kier molecular flexibility index (Phi) is 9.57. The second kappa shape index (κ2) is 10.9. The molecule has 2 rings (SSSR count). The smallest absolute Gasteiger partial charge is 0.370 e. The molecule has 27 heavy (non-hydrogen) atoms. The number of hydrogen-bond donors (Lipinski definition) is 1. The monoisotopic (exact) mass is 503 g/mol. The van der Waals surface area contributed by atoms with Crippen molar-refractivity contribution in [2.24, 2.45) is 10.7 Å². The summed E-state index contributed by atoms with van der Waals surface area (Å²) in [4.78, 5) is 9.61. The normalized spacial score (nSPS) is 15.9. The van der Waals surface area contributed by atoms with Crippen molar-refractivity contribution in [3.05, 3.63) is 30.1 Å². The minimum atomic E-state index is -4.18. The standard InChI is InChI=1S/C17H25F4N5.HI/c1-24(13-17(19,20)21)8-2-7-23-16(22)26-11-9-25(10-12-26)15-5-3-14(18)4-6-15;/h3-6H,2,7-13H2,1H3,(H2,22,23);1H. The number of anilines is 1. The van der Waals surface area contributed by atoms with Gasteiger partial charge in [-0.3, -0.25) is 9.89 Å². The zero-order chi connectivity index (χ0) is 19.2. The molecule has 1 aromatic carbocycles. The summed E-state index contributed by atoms with van der Waals surface area (Å²) in [6, 6.07) is 6.38. The molecule has 2 N–H and O–H groups in total. The highest BCUT2D eigenvalue weighted by molar-refractivity contribution is 14.0. The third-order valence-corrected chi connectivity index (χ3v) is 4.22. The molecule has 0 spiro atoms. The van der Waals surface area contributed by atoms with Crippen molar-refractivity contribution in [3.63, 3.8) is 0 Å². The zero-order valence-corrected chi connectivity index (χ0v) is 17.6. The minimum Gasteiger partial charge on any atom is -0.370 e. The van der Waals surface area contributed by atoms with Gasteiger partial charge in [0.15, 0.2) is 5.96 Å². The van der Waals surface area contributed by atoms with Gasteiger partial charge in [-0.1, -0.05) is 0 Å². The lowest BCUT2D eigenvalue weighted by atomic mass is 10.2. The molecule has 0 amide bonds. The lowest BCUT2D eigenvalue weighted by molar-refractivity contribution is -0.143. The van der Waals surface area contributed by atoms with Gasteiger partial charge in [0.2, 0.25) is 0 Å². The first-order valence-electron chi connectivity index (χ1n) is 8.55. The predicted molar refractivity (Wildman–Crippen MR) is 110 cm³/mol. The molecule has 10 heteroatoms. The van der Waals surface area contributed by atoms with Crippen LogP contribution in [-0.2, 0) is 0 Å². The van der Waals surface area contributed by atoms with Gasteiger partial charge in [-0.25, -0.2) is 4.39 Å². The molecule has 0 bridgehead atoms. The van der Waals surface area contributed by atoms with E-state index in [1.54, 1.807) is 12.1 Å². The van der Waals surface area contributed by atoms with Crippen LogP contribution in [0.4, 0.5) is 23.2 Å². The molecule has 1 aromatic rings. The van der Waals surface area contributed by atoms with Gasteiger partial charge < -0.3 is 15.5 Å². The Balaban J connectivity index is 0.00000364. The molecule has 1 aliphatic heterocycles. The SMILES string of the molecule is CN(CCCN=C(N)N1CCN(c2ccc(F)cc2)CC1)CC(F)(F)F.I. The van der Waals surface area contributed by atoms with E-state index in [-0.39, 0.29) is 29.8 Å². The zero-order valence-electron chi connectivity index (χ0n) is 15.3. The number of hydrogen-bond acceptors (Lipinski definition) is 3. The van der Waals surface area contributed by atoms with Crippen LogP contribution in [0.1, 0.15) is 6.42 Å². The van der Waals surface area contributed by atoms with Gasteiger partial charge in [0.05, 0.1) is 6.54 Å². The molecule has 5 nitrogen and oxygen atoms in total. The molecule has 0 unspecified atom stereocenters. The van der Waals surface area contributed by atoms with E-state index in [9.17, 15) is 17.6 Å². The van der Waals surface area contributed by atoms with E-state index in [1.807, 2.05) is 4.90 Å². The number of nitrogens with zero attached hydrogens (tertiary/aromatic N) is 4. The molecule has 0 aliphatic carbocycles. The number of aliphatic imine (C=N–C) groups is 1. The molecule has 1 fully saturated rings. The van der Waals surface area contributed by atoms with Gasteiger partial charge in [0.25, 0.3) is 0 Å². The van der Waals surface area contributed by atoms with Gasteiger partial charge in [-0.2, -0.15) is 13.2 Å². The maximum atomic E-state index is 13.0. The van der Waals surface area contributed by atoms with E-state index >= 15 is 0 Å². The van der Waals surface area contributed by atoms with Gasteiger partial charge in [0.1, 0.15) is 5.82 Å². The highest BCUT2D eigenvalue weighted by Crippen LogP contribution is 2.17. The minimum absolute atomic E-state index is 0. The summed E-state index contributed by atoms with van der Waals surface area (Å²) < 4.78 is 49.7. The molecule has 0 saturated carbocycles. The van der Waals surface area contributed by atoms with Crippen molar-refractivity contribution >= 4 is 35.6 Å². The van der Waals surface area contributed by atoms with Crippen LogP contribution in [0.15, 0.2) is 29.3 Å². The maximum absolute atomic E-state index is 13.0. The van der Waals surface area contributed by atoms with Crippen molar-refractivity contribution in [2.45, 2.75) is 12.6 Å². The molecule has 154 valence electrons. The fraction of sp³-hybridized carbons (Fsp3) is 0.588. The number of benzene rings is 1. The number of halogens is 5. The number of guanidine groups is 1. The summed E-state index contributed by atoms with van der Waals surface area (Å²) in [6.45, 7) is 2.67. The van der Waals surface area contributed by atoms with Gasteiger partial charge in [-0.15, -0.1) is 24.0 Å². The van der Waals surface area contributed by atoms with Gasteiger partial charge >= 0.3 is 6.18 Å². The number of alkyl halides is 3. The van der Waals surface area contributed by atoms with Crippen LogP contribution in [0.25, 0.3) is 0 Å². The Morgan fingerprint density at radius 3 is 2.30 bits per heavy atom. The van der Waals surface area contributed by atoms with Crippen LogP contribution in [0, 0.1) is 5.82 Å². The fourth-order valence-corrected chi connectivity index (χ4v) is 2.87. The van der Waals surface area contributed by atoms with Crippen molar-refractivity contribution < 1.29 is 17.6 Å². The fourth-order valence-electron chi connectivity index (χ4n) is 2.87. The summed E-state index contributed by atoms with van der Waals surface area (Å²) in [5, 5.41) is 0. The molecule has 0 atom stereocenters. The van der Waals surface area contributed by atoms with Crippen LogP contribution in [0.5, 0.6) is 0 Å². The van der Waals surface area contributed by atoms with Crippen molar-refractivity contribution in [3.8, 4) is 0 Å². The van der Waals surface area contributed by atoms with E-state index < -0.39 is 12.7 Å². The second-order valence-corrected chi connectivity index (χ2v) is 6.40. The summed E-state index contributed by atoms with van der Waals surface area (Å²) in [5.74, 6) is 0.159. The molecule has 0 aromatic heterocycles.